The third-order valence-electron chi connectivity index (χ3n) is 6.45. The first-order chi connectivity index (χ1) is 17.1. The highest BCUT2D eigenvalue weighted by Crippen LogP contribution is 2.35. The molecular formula is C32H38O3. The summed E-state index contributed by atoms with van der Waals surface area (Å²) in [7, 11) is 0. The molecule has 1 unspecified atom stereocenters. The Hall–Kier alpha value is -3.04. The molecule has 4 rings (SSSR count). The van der Waals surface area contributed by atoms with Gasteiger partial charge in [0.2, 0.25) is 0 Å². The van der Waals surface area contributed by atoms with Crippen molar-refractivity contribution in [3.63, 3.8) is 0 Å². The van der Waals surface area contributed by atoms with Crippen molar-refractivity contribution in [1.29, 1.82) is 0 Å². The molecule has 1 aliphatic carbocycles. The number of ether oxygens (including phenoxy) is 3. The van der Waals surface area contributed by atoms with Crippen LogP contribution in [0.3, 0.4) is 0 Å². The van der Waals surface area contributed by atoms with Gasteiger partial charge in [0.15, 0.2) is 0 Å². The quantitative estimate of drug-likeness (QED) is 0.201. The van der Waals surface area contributed by atoms with Gasteiger partial charge in [0, 0.05) is 0 Å². The lowest BCUT2D eigenvalue weighted by molar-refractivity contribution is 0.259. The molecule has 0 radical (unpaired) electrons. The summed E-state index contributed by atoms with van der Waals surface area (Å²) in [6, 6.07) is 9.09. The van der Waals surface area contributed by atoms with Crippen molar-refractivity contribution in [2.75, 3.05) is 19.8 Å². The molecule has 1 atom stereocenters. The van der Waals surface area contributed by atoms with Crippen LogP contribution in [0.15, 0.2) is 74.9 Å². The van der Waals surface area contributed by atoms with Gasteiger partial charge in [-0.25, -0.2) is 0 Å². The molecule has 0 bridgehead atoms. The molecule has 0 amide bonds. The predicted molar refractivity (Wildman–Crippen MR) is 145 cm³/mol. The molecule has 1 heterocycles. The Morgan fingerprint density at radius 3 is 1.43 bits per heavy atom. The minimum Gasteiger partial charge on any atom is -0.493 e. The fraction of sp³-hybridized carbons (Fsp3) is 0.375. The SMILES string of the molecule is C=CCc1cc(Cc2cc(CC=C)c(OCC3CO3)c(CC=C)c2)cc(CC=C)c1OCC1CC1. The van der Waals surface area contributed by atoms with Gasteiger partial charge in [-0.15, -0.1) is 26.3 Å². The zero-order valence-electron chi connectivity index (χ0n) is 20.9. The summed E-state index contributed by atoms with van der Waals surface area (Å²) in [5.74, 6) is 2.68. The summed E-state index contributed by atoms with van der Waals surface area (Å²) < 4.78 is 17.9. The van der Waals surface area contributed by atoms with Crippen LogP contribution in [0.5, 0.6) is 11.5 Å². The first-order valence-corrected chi connectivity index (χ1v) is 12.7. The first kappa shape index (κ1) is 25.1. The van der Waals surface area contributed by atoms with Gasteiger partial charge in [0.05, 0.1) is 13.2 Å². The molecule has 1 saturated heterocycles. The van der Waals surface area contributed by atoms with Crippen LogP contribution in [0.1, 0.15) is 46.2 Å². The maximum absolute atomic E-state index is 6.33. The monoisotopic (exact) mass is 470 g/mol. The number of rotatable bonds is 16. The Morgan fingerprint density at radius 1 is 0.686 bits per heavy atom. The number of epoxide rings is 1. The number of allylic oxidation sites excluding steroid dienone is 4. The number of hydrogen-bond acceptors (Lipinski definition) is 3. The second kappa shape index (κ2) is 12.1. The fourth-order valence-electron chi connectivity index (χ4n) is 4.52. The van der Waals surface area contributed by atoms with E-state index >= 15 is 0 Å². The Balaban J connectivity index is 1.66. The molecule has 0 aromatic heterocycles. The fourth-order valence-corrected chi connectivity index (χ4v) is 4.52. The summed E-state index contributed by atoms with van der Waals surface area (Å²) in [6.45, 7) is 18.1. The molecule has 2 fully saturated rings. The van der Waals surface area contributed by atoms with E-state index in [4.69, 9.17) is 14.2 Å². The van der Waals surface area contributed by atoms with Crippen LogP contribution >= 0.6 is 0 Å². The van der Waals surface area contributed by atoms with Crippen LogP contribution in [0, 0.1) is 5.92 Å². The van der Waals surface area contributed by atoms with Gasteiger partial charge in [0.1, 0.15) is 24.2 Å². The van der Waals surface area contributed by atoms with Crippen LogP contribution in [0.2, 0.25) is 0 Å². The van der Waals surface area contributed by atoms with Gasteiger partial charge in [-0.1, -0.05) is 48.6 Å². The molecule has 2 aliphatic rings. The molecule has 2 aromatic rings. The van der Waals surface area contributed by atoms with Gasteiger partial charge < -0.3 is 14.2 Å². The average Bonchev–Trinajstić information content (AvgIpc) is 3.74. The van der Waals surface area contributed by atoms with Crippen molar-refractivity contribution in [2.45, 2.75) is 51.0 Å². The lowest BCUT2D eigenvalue weighted by Gasteiger charge is -2.19. The van der Waals surface area contributed by atoms with E-state index in [9.17, 15) is 0 Å². The van der Waals surface area contributed by atoms with Crippen LogP contribution in [-0.4, -0.2) is 25.9 Å². The van der Waals surface area contributed by atoms with E-state index in [1.807, 2.05) is 24.3 Å². The van der Waals surface area contributed by atoms with Crippen LogP contribution < -0.4 is 9.47 Å². The Bertz CT molecular complexity index is 925. The predicted octanol–water partition coefficient (Wildman–Crippen LogP) is 6.76. The lowest BCUT2D eigenvalue weighted by Crippen LogP contribution is -2.09. The van der Waals surface area contributed by atoms with E-state index in [0.29, 0.717) is 12.5 Å². The van der Waals surface area contributed by atoms with Gasteiger partial charge >= 0.3 is 0 Å². The molecule has 0 spiro atoms. The molecular weight excluding hydrogens is 432 g/mol. The third kappa shape index (κ3) is 6.99. The highest BCUT2D eigenvalue weighted by molar-refractivity contribution is 5.50. The van der Waals surface area contributed by atoms with Gasteiger partial charge in [0.25, 0.3) is 0 Å². The van der Waals surface area contributed by atoms with E-state index in [2.05, 4.69) is 50.6 Å². The highest BCUT2D eigenvalue weighted by Gasteiger charge is 2.25. The topological polar surface area (TPSA) is 31.0 Å². The molecule has 1 aliphatic heterocycles. The third-order valence-corrected chi connectivity index (χ3v) is 6.45. The molecule has 3 nitrogen and oxygen atoms in total. The molecule has 184 valence electrons. The van der Waals surface area contributed by atoms with Crippen LogP contribution in [0.4, 0.5) is 0 Å². The van der Waals surface area contributed by atoms with E-state index in [1.165, 1.54) is 35.1 Å². The van der Waals surface area contributed by atoms with Crippen LogP contribution in [-0.2, 0) is 36.8 Å². The Morgan fingerprint density at radius 2 is 1.09 bits per heavy atom. The maximum atomic E-state index is 6.33. The standard InChI is InChI=1S/C32H38O3/c1-5-9-26-16-24(17-27(10-6-2)31(26)34-20-23-13-14-23)15-25-18-28(11-7-3)32(29(19-25)12-8-4)35-22-30-21-33-30/h5-8,16-19,23,30H,1-4,9-15,20-22H2. The zero-order valence-corrected chi connectivity index (χ0v) is 20.9. The summed E-state index contributed by atoms with van der Waals surface area (Å²) in [5, 5.41) is 0. The summed E-state index contributed by atoms with van der Waals surface area (Å²) in [6.07, 6.45) is 14.5. The normalized spacial score (nSPS) is 16.4. The second-order valence-electron chi connectivity index (χ2n) is 9.66. The maximum Gasteiger partial charge on any atom is 0.126 e. The van der Waals surface area contributed by atoms with Crippen molar-refractivity contribution in [1.82, 2.24) is 0 Å². The van der Waals surface area contributed by atoms with Gasteiger partial charge in [-0.05, 0) is 84.2 Å². The minimum absolute atomic E-state index is 0.218. The van der Waals surface area contributed by atoms with E-state index in [1.54, 1.807) is 0 Å². The number of benzene rings is 2. The molecule has 3 heteroatoms. The van der Waals surface area contributed by atoms with E-state index < -0.39 is 0 Å². The summed E-state index contributed by atoms with van der Waals surface area (Å²) >= 11 is 0. The highest BCUT2D eigenvalue weighted by atomic mass is 16.6. The van der Waals surface area contributed by atoms with Crippen molar-refractivity contribution < 1.29 is 14.2 Å². The Kier molecular flexibility index (Phi) is 8.65. The summed E-state index contributed by atoms with van der Waals surface area (Å²) in [5.41, 5.74) is 7.27. The Labute approximate surface area is 210 Å². The van der Waals surface area contributed by atoms with Crippen molar-refractivity contribution in [2.24, 2.45) is 5.92 Å². The van der Waals surface area contributed by atoms with Crippen molar-refractivity contribution in [3.8, 4) is 11.5 Å². The first-order valence-electron chi connectivity index (χ1n) is 12.7. The summed E-state index contributed by atoms with van der Waals surface area (Å²) in [4.78, 5) is 0. The number of hydrogen-bond donors (Lipinski definition) is 0. The van der Waals surface area contributed by atoms with Gasteiger partial charge in [-0.3, -0.25) is 0 Å². The second-order valence-corrected chi connectivity index (χ2v) is 9.66. The molecule has 35 heavy (non-hydrogen) atoms. The molecule has 1 saturated carbocycles. The molecule has 2 aromatic carbocycles. The smallest absolute Gasteiger partial charge is 0.126 e. The van der Waals surface area contributed by atoms with E-state index in [0.717, 1.165) is 67.9 Å². The average molecular weight is 471 g/mol. The lowest BCUT2D eigenvalue weighted by atomic mass is 9.93. The van der Waals surface area contributed by atoms with Crippen molar-refractivity contribution >= 4 is 0 Å². The zero-order chi connectivity index (χ0) is 24.6. The molecule has 0 N–H and O–H groups in total. The van der Waals surface area contributed by atoms with Crippen molar-refractivity contribution in [3.05, 3.63) is 108 Å². The van der Waals surface area contributed by atoms with Gasteiger partial charge in [-0.2, -0.15) is 0 Å². The van der Waals surface area contributed by atoms with E-state index in [-0.39, 0.29) is 6.10 Å². The van der Waals surface area contributed by atoms with Crippen LogP contribution in [0.25, 0.3) is 0 Å². The largest absolute Gasteiger partial charge is 0.493 e. The minimum atomic E-state index is 0.218.